The van der Waals surface area contributed by atoms with Gasteiger partial charge in [-0.25, -0.2) is 13.8 Å². The zero-order valence-electron chi connectivity index (χ0n) is 14.6. The summed E-state index contributed by atoms with van der Waals surface area (Å²) in [4.78, 5) is 12.5. The summed E-state index contributed by atoms with van der Waals surface area (Å²) in [5, 5.41) is 4.42. The highest BCUT2D eigenvalue weighted by molar-refractivity contribution is 7.90. The lowest BCUT2D eigenvalue weighted by atomic mass is 9.70. The maximum absolute atomic E-state index is 12.3. The average molecular weight is 348 g/mol. The van der Waals surface area contributed by atoms with Crippen molar-refractivity contribution < 1.29 is 13.2 Å². The molecule has 2 aliphatic carbocycles. The normalized spacial score (nSPS) is 29.8. The smallest absolute Gasteiger partial charge is 0.267 e. The van der Waals surface area contributed by atoms with Crippen LogP contribution in [0.3, 0.4) is 0 Å². The van der Waals surface area contributed by atoms with E-state index in [-0.39, 0.29) is 21.6 Å². The lowest BCUT2D eigenvalue weighted by molar-refractivity contribution is 0.0953. The lowest BCUT2D eigenvalue weighted by Gasteiger charge is -2.34. The molecule has 1 aromatic carbocycles. The minimum Gasteiger partial charge on any atom is -0.267 e. The largest absolute Gasteiger partial charge is 0.271 e. The van der Waals surface area contributed by atoms with E-state index >= 15 is 0 Å². The van der Waals surface area contributed by atoms with Gasteiger partial charge in [0.05, 0.1) is 4.90 Å². The maximum atomic E-state index is 12.3. The molecule has 1 aromatic rings. The minimum absolute atomic E-state index is 0.0467. The van der Waals surface area contributed by atoms with Gasteiger partial charge in [0.15, 0.2) is 9.84 Å². The van der Waals surface area contributed by atoms with Crippen molar-refractivity contribution in [1.82, 2.24) is 5.43 Å². The van der Waals surface area contributed by atoms with E-state index in [4.69, 9.17) is 0 Å². The van der Waals surface area contributed by atoms with Crippen LogP contribution in [0.2, 0.25) is 0 Å². The molecule has 0 aliphatic heterocycles. The summed E-state index contributed by atoms with van der Waals surface area (Å²) in [6.07, 6.45) is 4.42. The number of fused-ring (bicyclic) bond motifs is 2. The van der Waals surface area contributed by atoms with Crippen LogP contribution in [-0.2, 0) is 9.84 Å². The Morgan fingerprint density at radius 1 is 1.21 bits per heavy atom. The van der Waals surface area contributed by atoms with E-state index in [1.165, 1.54) is 30.7 Å². The Hall–Kier alpha value is -1.69. The monoisotopic (exact) mass is 348 g/mol. The van der Waals surface area contributed by atoms with Crippen LogP contribution >= 0.6 is 0 Å². The molecule has 0 aromatic heterocycles. The first kappa shape index (κ1) is 17.1. The second kappa shape index (κ2) is 5.41. The second-order valence-corrected chi connectivity index (χ2v) is 9.81. The lowest BCUT2D eigenvalue weighted by Crippen LogP contribution is -2.34. The first-order valence-electron chi connectivity index (χ1n) is 8.23. The molecular weight excluding hydrogens is 324 g/mol. The maximum Gasteiger partial charge on any atom is 0.271 e. The highest BCUT2D eigenvalue weighted by Crippen LogP contribution is 2.63. The molecule has 0 heterocycles. The Morgan fingerprint density at radius 2 is 1.83 bits per heavy atom. The third-order valence-corrected chi connectivity index (χ3v) is 7.48. The van der Waals surface area contributed by atoms with Crippen molar-refractivity contribution in [3.63, 3.8) is 0 Å². The first-order valence-corrected chi connectivity index (χ1v) is 10.1. The molecule has 1 N–H and O–H groups in total. The van der Waals surface area contributed by atoms with Crippen LogP contribution in [0.1, 0.15) is 50.4 Å². The molecule has 0 saturated heterocycles. The van der Waals surface area contributed by atoms with Gasteiger partial charge in [-0.15, -0.1) is 0 Å². The van der Waals surface area contributed by atoms with Crippen molar-refractivity contribution in [2.45, 2.75) is 44.9 Å². The van der Waals surface area contributed by atoms with Gasteiger partial charge in [-0.1, -0.05) is 20.8 Å². The summed E-state index contributed by atoms with van der Waals surface area (Å²) >= 11 is 0. The quantitative estimate of drug-likeness (QED) is 0.853. The van der Waals surface area contributed by atoms with Crippen LogP contribution in [0.15, 0.2) is 34.3 Å². The third-order valence-electron chi connectivity index (χ3n) is 6.35. The van der Waals surface area contributed by atoms with Crippen molar-refractivity contribution in [2.24, 2.45) is 21.8 Å². The van der Waals surface area contributed by atoms with Gasteiger partial charge in [0.25, 0.3) is 5.91 Å². The summed E-state index contributed by atoms with van der Waals surface area (Å²) in [7, 11) is -3.26. The van der Waals surface area contributed by atoms with Crippen molar-refractivity contribution >= 4 is 21.5 Å². The van der Waals surface area contributed by atoms with Crippen LogP contribution in [0.4, 0.5) is 0 Å². The number of hydrogen-bond acceptors (Lipinski definition) is 4. The Kier molecular flexibility index (Phi) is 3.86. The first-order chi connectivity index (χ1) is 11.1. The van der Waals surface area contributed by atoms with Gasteiger partial charge >= 0.3 is 0 Å². The Morgan fingerprint density at radius 3 is 2.29 bits per heavy atom. The summed E-state index contributed by atoms with van der Waals surface area (Å²) in [6.45, 7) is 6.82. The number of carbonyl (C=O) groups is 1. The molecule has 0 unspecified atom stereocenters. The molecule has 3 rings (SSSR count). The number of benzene rings is 1. The number of hydrogen-bond donors (Lipinski definition) is 1. The highest BCUT2D eigenvalue weighted by Gasteiger charge is 2.60. The summed E-state index contributed by atoms with van der Waals surface area (Å²) in [5.41, 5.74) is 4.39. The van der Waals surface area contributed by atoms with E-state index in [0.29, 0.717) is 11.5 Å². The highest BCUT2D eigenvalue weighted by atomic mass is 32.2. The summed E-state index contributed by atoms with van der Waals surface area (Å²) < 4.78 is 22.9. The topological polar surface area (TPSA) is 75.6 Å². The van der Waals surface area contributed by atoms with E-state index in [2.05, 4.69) is 31.3 Å². The van der Waals surface area contributed by atoms with Gasteiger partial charge in [-0.2, -0.15) is 5.10 Å². The molecule has 1 amide bonds. The molecule has 2 aliphatic rings. The Labute approximate surface area is 143 Å². The molecule has 24 heavy (non-hydrogen) atoms. The molecule has 0 spiro atoms. The molecule has 130 valence electrons. The fraction of sp³-hybridized carbons (Fsp3) is 0.556. The van der Waals surface area contributed by atoms with Crippen LogP contribution in [-0.4, -0.2) is 26.3 Å². The molecule has 2 atom stereocenters. The van der Waals surface area contributed by atoms with Crippen molar-refractivity contribution in [3.8, 4) is 0 Å². The summed E-state index contributed by atoms with van der Waals surface area (Å²) in [6, 6.07) is 5.91. The Bertz CT molecular complexity index is 809. The van der Waals surface area contributed by atoms with E-state index in [0.717, 1.165) is 24.8 Å². The second-order valence-electron chi connectivity index (χ2n) is 7.79. The molecule has 2 bridgehead atoms. The predicted octanol–water partition coefficient (Wildman–Crippen LogP) is 3.02. The van der Waals surface area contributed by atoms with Crippen LogP contribution < -0.4 is 5.43 Å². The fourth-order valence-corrected chi connectivity index (χ4v) is 4.76. The number of amides is 1. The molecule has 2 fully saturated rings. The predicted molar refractivity (Wildman–Crippen MR) is 93.7 cm³/mol. The van der Waals surface area contributed by atoms with E-state index in [1.54, 1.807) is 0 Å². The van der Waals surface area contributed by atoms with Crippen molar-refractivity contribution in [1.29, 1.82) is 0 Å². The minimum atomic E-state index is -3.26. The van der Waals surface area contributed by atoms with Crippen LogP contribution in [0, 0.1) is 16.7 Å². The van der Waals surface area contributed by atoms with E-state index in [9.17, 15) is 13.2 Å². The summed E-state index contributed by atoms with van der Waals surface area (Å²) in [5.74, 6) is 0.318. The third kappa shape index (κ3) is 2.57. The number of sulfone groups is 1. The fourth-order valence-electron chi connectivity index (χ4n) is 4.13. The average Bonchev–Trinajstić information content (AvgIpc) is 2.85. The SMILES string of the molecule is CC1(C)[C@@H]2CC[C@]1(C)/C(=N/NC(=O)c1ccc(S(C)(=O)=O)cc1)C2. The number of carbonyl (C=O) groups excluding carboxylic acids is 1. The van der Waals surface area contributed by atoms with Gasteiger partial charge in [0.2, 0.25) is 0 Å². The van der Waals surface area contributed by atoms with Crippen molar-refractivity contribution in [2.75, 3.05) is 6.26 Å². The van der Waals surface area contributed by atoms with Crippen LogP contribution in [0.5, 0.6) is 0 Å². The Balaban J connectivity index is 1.75. The standard InChI is InChI=1S/C18H24N2O3S/c1-17(2)13-9-10-18(17,3)15(11-13)19-20-16(21)12-5-7-14(8-6-12)24(4,22)23/h5-8,13H,9-11H2,1-4H3,(H,20,21)/b19-15+/t13-,18-/m1/s1. The zero-order chi connectivity index (χ0) is 17.8. The van der Waals surface area contributed by atoms with E-state index < -0.39 is 9.84 Å². The van der Waals surface area contributed by atoms with Gasteiger partial charge in [-0.05, 0) is 54.9 Å². The van der Waals surface area contributed by atoms with Gasteiger partial charge in [0, 0.05) is 22.9 Å². The van der Waals surface area contributed by atoms with E-state index in [1.807, 2.05) is 0 Å². The molecule has 0 radical (unpaired) electrons. The number of nitrogens with zero attached hydrogens (tertiary/aromatic N) is 1. The van der Waals surface area contributed by atoms with Gasteiger partial charge < -0.3 is 0 Å². The molecular formula is C18H24N2O3S. The van der Waals surface area contributed by atoms with Gasteiger partial charge in [0.1, 0.15) is 0 Å². The number of nitrogens with one attached hydrogen (secondary N) is 1. The van der Waals surface area contributed by atoms with Crippen LogP contribution in [0.25, 0.3) is 0 Å². The number of rotatable bonds is 3. The zero-order valence-corrected chi connectivity index (χ0v) is 15.4. The van der Waals surface area contributed by atoms with Gasteiger partial charge in [-0.3, -0.25) is 4.79 Å². The number of hydrazone groups is 1. The van der Waals surface area contributed by atoms with Crippen molar-refractivity contribution in [3.05, 3.63) is 29.8 Å². The molecule has 6 heteroatoms. The molecule has 5 nitrogen and oxygen atoms in total. The molecule has 2 saturated carbocycles.